The third-order valence-electron chi connectivity index (χ3n) is 2.13. The van der Waals surface area contributed by atoms with Gasteiger partial charge in [0.2, 0.25) is 0 Å². The molecule has 2 aromatic carbocycles. The third-order valence-corrected chi connectivity index (χ3v) is 2.94. The van der Waals surface area contributed by atoms with Gasteiger partial charge in [-0.15, -0.1) is 0 Å². The molecule has 0 N–H and O–H groups in total. The smallest absolute Gasteiger partial charge is 0.0830 e. The third kappa shape index (κ3) is 3.47. The maximum absolute atomic E-state index is 5.99. The minimum Gasteiger partial charge on any atom is -0.255 e. The van der Waals surface area contributed by atoms with Crippen molar-refractivity contribution in [1.29, 1.82) is 0 Å². The first kappa shape index (κ1) is 12.4. The van der Waals surface area contributed by atoms with Crippen molar-refractivity contribution in [3.63, 3.8) is 0 Å². The summed E-state index contributed by atoms with van der Waals surface area (Å²) in [4.78, 5) is 4.28. The summed E-state index contributed by atoms with van der Waals surface area (Å²) in [5.41, 5.74) is 1.60. The van der Waals surface area contributed by atoms with Gasteiger partial charge in [0.25, 0.3) is 0 Å². The molecule has 0 spiro atoms. The zero-order valence-electron chi connectivity index (χ0n) is 8.70. The Bertz CT molecular complexity index is 547. The Labute approximate surface area is 115 Å². The molecule has 2 aromatic rings. The van der Waals surface area contributed by atoms with E-state index in [0.29, 0.717) is 20.8 Å². The lowest BCUT2D eigenvalue weighted by Crippen LogP contribution is -1.79. The van der Waals surface area contributed by atoms with Crippen LogP contribution in [0.2, 0.25) is 15.1 Å². The average Bonchev–Trinajstić information content (AvgIpc) is 2.32. The van der Waals surface area contributed by atoms with E-state index in [9.17, 15) is 0 Å². The summed E-state index contributed by atoms with van der Waals surface area (Å²) in [6.45, 7) is 0. The molecule has 0 aliphatic rings. The lowest BCUT2D eigenvalue weighted by Gasteiger charge is -1.98. The molecule has 0 saturated heterocycles. The monoisotopic (exact) mass is 283 g/mol. The molecule has 0 unspecified atom stereocenters. The lowest BCUT2D eigenvalue weighted by molar-refractivity contribution is 1.52. The van der Waals surface area contributed by atoms with E-state index in [-0.39, 0.29) is 0 Å². The van der Waals surface area contributed by atoms with Crippen molar-refractivity contribution in [3.05, 3.63) is 63.1 Å². The van der Waals surface area contributed by atoms with Gasteiger partial charge in [0, 0.05) is 16.3 Å². The van der Waals surface area contributed by atoms with Gasteiger partial charge >= 0.3 is 0 Å². The van der Waals surface area contributed by atoms with Crippen LogP contribution in [0.15, 0.2) is 47.5 Å². The van der Waals surface area contributed by atoms with E-state index in [1.54, 1.807) is 24.4 Å². The molecule has 0 bridgehead atoms. The fourth-order valence-electron chi connectivity index (χ4n) is 1.28. The normalized spacial score (nSPS) is 11.0. The summed E-state index contributed by atoms with van der Waals surface area (Å²) in [5, 5.41) is 1.88. The van der Waals surface area contributed by atoms with Crippen LogP contribution < -0.4 is 0 Å². The Hall–Kier alpha value is -1.02. The van der Waals surface area contributed by atoms with Crippen LogP contribution >= 0.6 is 34.8 Å². The number of halogens is 3. The standard InChI is InChI=1S/C13H8Cl3N/c14-10-3-1-9(2-4-10)8-17-13-7-11(15)5-6-12(13)16/h1-8H. The predicted octanol–water partition coefficient (Wildman–Crippen LogP) is 5.40. The second kappa shape index (κ2) is 5.54. The maximum Gasteiger partial charge on any atom is 0.0830 e. The van der Waals surface area contributed by atoms with E-state index in [0.717, 1.165) is 5.56 Å². The molecule has 0 atom stereocenters. The summed E-state index contributed by atoms with van der Waals surface area (Å²) in [6, 6.07) is 12.5. The molecule has 86 valence electrons. The fourth-order valence-corrected chi connectivity index (χ4v) is 1.74. The van der Waals surface area contributed by atoms with E-state index in [1.807, 2.05) is 24.3 Å². The number of rotatable bonds is 2. The number of hydrogen-bond donors (Lipinski definition) is 0. The van der Waals surface area contributed by atoms with E-state index >= 15 is 0 Å². The van der Waals surface area contributed by atoms with Crippen molar-refractivity contribution in [1.82, 2.24) is 0 Å². The van der Waals surface area contributed by atoms with Gasteiger partial charge in [-0.2, -0.15) is 0 Å². The second-order valence-corrected chi connectivity index (χ2v) is 4.69. The van der Waals surface area contributed by atoms with Crippen molar-refractivity contribution >= 4 is 46.7 Å². The number of benzene rings is 2. The van der Waals surface area contributed by atoms with Crippen LogP contribution in [0.1, 0.15) is 5.56 Å². The first-order valence-electron chi connectivity index (χ1n) is 4.90. The second-order valence-electron chi connectivity index (χ2n) is 3.41. The van der Waals surface area contributed by atoms with Crippen molar-refractivity contribution < 1.29 is 0 Å². The van der Waals surface area contributed by atoms with Gasteiger partial charge in [0.1, 0.15) is 0 Å². The Morgan fingerprint density at radius 3 is 2.18 bits per heavy atom. The summed E-state index contributed by atoms with van der Waals surface area (Å²) in [5.74, 6) is 0. The van der Waals surface area contributed by atoms with Crippen molar-refractivity contribution in [2.24, 2.45) is 4.99 Å². The Morgan fingerprint density at radius 1 is 0.824 bits per heavy atom. The molecular weight excluding hydrogens is 277 g/mol. The molecule has 0 aliphatic heterocycles. The van der Waals surface area contributed by atoms with Crippen LogP contribution in [0, 0.1) is 0 Å². The minimum absolute atomic E-state index is 0.569. The fraction of sp³-hybridized carbons (Fsp3) is 0. The van der Waals surface area contributed by atoms with Crippen molar-refractivity contribution in [2.75, 3.05) is 0 Å². The molecule has 4 heteroatoms. The van der Waals surface area contributed by atoms with E-state index < -0.39 is 0 Å². The summed E-state index contributed by atoms with van der Waals surface area (Å²) in [7, 11) is 0. The largest absolute Gasteiger partial charge is 0.255 e. The molecule has 2 rings (SSSR count). The predicted molar refractivity (Wildman–Crippen MR) is 75.2 cm³/mol. The van der Waals surface area contributed by atoms with Gasteiger partial charge in [-0.3, -0.25) is 4.99 Å². The first-order valence-corrected chi connectivity index (χ1v) is 6.03. The molecule has 0 amide bonds. The van der Waals surface area contributed by atoms with Gasteiger partial charge in [0.05, 0.1) is 10.7 Å². The van der Waals surface area contributed by atoms with Gasteiger partial charge < -0.3 is 0 Å². The molecule has 0 fully saturated rings. The van der Waals surface area contributed by atoms with E-state index in [2.05, 4.69) is 4.99 Å². The van der Waals surface area contributed by atoms with Crippen LogP contribution in [0.5, 0.6) is 0 Å². The molecular formula is C13H8Cl3N. The quantitative estimate of drug-likeness (QED) is 0.655. The van der Waals surface area contributed by atoms with Crippen LogP contribution in [-0.4, -0.2) is 6.21 Å². The van der Waals surface area contributed by atoms with Crippen LogP contribution in [0.4, 0.5) is 5.69 Å². The van der Waals surface area contributed by atoms with Gasteiger partial charge in [0.15, 0.2) is 0 Å². The number of aliphatic imine (C=N–C) groups is 1. The summed E-state index contributed by atoms with van der Waals surface area (Å²) >= 11 is 17.7. The molecule has 0 aliphatic carbocycles. The highest BCUT2D eigenvalue weighted by atomic mass is 35.5. The minimum atomic E-state index is 0.569. The zero-order chi connectivity index (χ0) is 12.3. The first-order chi connectivity index (χ1) is 8.15. The molecule has 17 heavy (non-hydrogen) atoms. The van der Waals surface area contributed by atoms with Gasteiger partial charge in [-0.25, -0.2) is 0 Å². The molecule has 1 nitrogen and oxygen atoms in total. The van der Waals surface area contributed by atoms with Crippen molar-refractivity contribution in [2.45, 2.75) is 0 Å². The van der Waals surface area contributed by atoms with Crippen molar-refractivity contribution in [3.8, 4) is 0 Å². The topological polar surface area (TPSA) is 12.4 Å². The maximum atomic E-state index is 5.99. The van der Waals surface area contributed by atoms with E-state index in [1.165, 1.54) is 0 Å². The average molecular weight is 285 g/mol. The SMILES string of the molecule is Clc1ccc(C=Nc2cc(Cl)ccc2Cl)cc1. The number of hydrogen-bond acceptors (Lipinski definition) is 1. The Kier molecular flexibility index (Phi) is 4.06. The number of nitrogens with zero attached hydrogens (tertiary/aromatic N) is 1. The molecule has 0 aromatic heterocycles. The summed E-state index contributed by atoms with van der Waals surface area (Å²) in [6.07, 6.45) is 1.72. The van der Waals surface area contributed by atoms with Gasteiger partial charge in [-0.1, -0.05) is 46.9 Å². The van der Waals surface area contributed by atoms with Crippen LogP contribution in [-0.2, 0) is 0 Å². The highest BCUT2D eigenvalue weighted by Gasteiger charge is 1.98. The highest BCUT2D eigenvalue weighted by Crippen LogP contribution is 2.27. The Balaban J connectivity index is 2.25. The lowest BCUT2D eigenvalue weighted by atomic mass is 10.2. The van der Waals surface area contributed by atoms with Crippen LogP contribution in [0.3, 0.4) is 0 Å². The van der Waals surface area contributed by atoms with Gasteiger partial charge in [-0.05, 0) is 35.9 Å². The van der Waals surface area contributed by atoms with Crippen LogP contribution in [0.25, 0.3) is 0 Å². The van der Waals surface area contributed by atoms with E-state index in [4.69, 9.17) is 34.8 Å². The molecule has 0 radical (unpaired) electrons. The zero-order valence-corrected chi connectivity index (χ0v) is 11.0. The Morgan fingerprint density at radius 2 is 1.47 bits per heavy atom. The highest BCUT2D eigenvalue weighted by molar-refractivity contribution is 6.35. The molecule has 0 heterocycles. The molecule has 0 saturated carbocycles. The summed E-state index contributed by atoms with van der Waals surface area (Å²) < 4.78 is 0.